The summed E-state index contributed by atoms with van der Waals surface area (Å²) in [4.78, 5) is 157. The van der Waals surface area contributed by atoms with Crippen molar-refractivity contribution in [2.24, 2.45) is 28.7 Å². The van der Waals surface area contributed by atoms with E-state index in [1.54, 1.807) is 30.5 Å². The number of rotatable bonds is 34. The number of H-pyrrole nitrogens is 2. The Morgan fingerprint density at radius 1 is 0.701 bits per heavy atom. The van der Waals surface area contributed by atoms with Crippen LogP contribution in [0.4, 0.5) is 0 Å². The van der Waals surface area contributed by atoms with Gasteiger partial charge in [-0.05, 0) is 82.5 Å². The van der Waals surface area contributed by atoms with Gasteiger partial charge in [-0.1, -0.05) is 18.2 Å². The molecule has 422 valence electrons. The molecule has 1 aliphatic heterocycles. The molecule has 29 nitrogen and oxygen atoms in total. The van der Waals surface area contributed by atoms with Gasteiger partial charge in [-0.3, -0.25) is 47.9 Å². The van der Waals surface area contributed by atoms with E-state index in [2.05, 4.69) is 52.2 Å². The Hall–Kier alpha value is -8.02. The van der Waals surface area contributed by atoms with Crippen LogP contribution in [0.25, 0.3) is 10.9 Å². The Kier molecular flexibility index (Phi) is 24.9. The number of amides is 10. The van der Waals surface area contributed by atoms with Crippen molar-refractivity contribution in [3.8, 4) is 0 Å². The number of imidazole rings is 1. The number of carbonyl (C=O) groups is 11. The van der Waals surface area contributed by atoms with Crippen molar-refractivity contribution in [3.05, 3.63) is 54.2 Å². The van der Waals surface area contributed by atoms with E-state index in [9.17, 15) is 63.0 Å². The molecule has 8 atom stereocenters. The van der Waals surface area contributed by atoms with Crippen LogP contribution in [0.3, 0.4) is 0 Å². The first-order valence-electron chi connectivity index (χ1n) is 25.2. The highest BCUT2D eigenvalue weighted by atomic mass is 16.4. The van der Waals surface area contributed by atoms with Gasteiger partial charge in [-0.2, -0.15) is 0 Å². The van der Waals surface area contributed by atoms with Crippen LogP contribution in [0, 0.1) is 0 Å². The minimum atomic E-state index is -1.77. The second-order valence-corrected chi connectivity index (χ2v) is 18.5. The highest BCUT2D eigenvalue weighted by Crippen LogP contribution is 2.22. The molecule has 2 aromatic heterocycles. The molecule has 0 radical (unpaired) electrons. The second-order valence-electron chi connectivity index (χ2n) is 18.5. The van der Waals surface area contributed by atoms with E-state index in [1.165, 1.54) is 17.4 Å². The fourth-order valence-corrected chi connectivity index (χ4v) is 8.52. The maximum absolute atomic E-state index is 14.5. The number of benzene rings is 1. The summed E-state index contributed by atoms with van der Waals surface area (Å²) in [6.07, 6.45) is 4.68. The Bertz CT molecular complexity index is 2520. The Labute approximate surface area is 442 Å². The van der Waals surface area contributed by atoms with Crippen LogP contribution in [0.1, 0.15) is 81.9 Å². The topological polar surface area (TPSA) is 490 Å². The fraction of sp³-hybridized carbons (Fsp3) is 0.542. The number of aliphatic carboxylic acids is 1. The van der Waals surface area contributed by atoms with Gasteiger partial charge in [-0.15, -0.1) is 0 Å². The summed E-state index contributed by atoms with van der Waals surface area (Å²) < 4.78 is 0. The van der Waals surface area contributed by atoms with E-state index >= 15 is 0 Å². The van der Waals surface area contributed by atoms with E-state index in [-0.39, 0.29) is 58.0 Å². The normalized spacial score (nSPS) is 15.8. The minimum Gasteiger partial charge on any atom is -0.480 e. The van der Waals surface area contributed by atoms with Crippen molar-refractivity contribution in [3.63, 3.8) is 0 Å². The third kappa shape index (κ3) is 19.6. The zero-order valence-corrected chi connectivity index (χ0v) is 42.6. The number of primary amides is 2. The van der Waals surface area contributed by atoms with Gasteiger partial charge in [0.05, 0.1) is 31.9 Å². The minimum absolute atomic E-state index is 0.0193. The lowest BCUT2D eigenvalue weighted by Gasteiger charge is -2.31. The summed E-state index contributed by atoms with van der Waals surface area (Å²) >= 11 is 0. The molecular formula is C48H72N16O13. The number of fused-ring (bicyclic) bond motifs is 1. The van der Waals surface area contributed by atoms with Gasteiger partial charge in [-0.25, -0.2) is 9.78 Å². The first kappa shape index (κ1) is 61.5. The third-order valence-corrected chi connectivity index (χ3v) is 12.6. The Balaban J connectivity index is 1.55. The van der Waals surface area contributed by atoms with Gasteiger partial charge in [0.25, 0.3) is 0 Å². The third-order valence-electron chi connectivity index (χ3n) is 12.6. The van der Waals surface area contributed by atoms with Crippen LogP contribution in [0.15, 0.2) is 43.0 Å². The summed E-state index contributed by atoms with van der Waals surface area (Å²) in [6, 6.07) is -4.45. The van der Waals surface area contributed by atoms with Crippen LogP contribution < -0.4 is 65.9 Å². The highest BCUT2D eigenvalue weighted by Gasteiger charge is 2.40. The average molecular weight is 1080 g/mol. The van der Waals surface area contributed by atoms with Crippen LogP contribution in [-0.4, -0.2) is 176 Å². The number of nitrogens with one attached hydrogen (secondary N) is 9. The quantitative estimate of drug-likeness (QED) is 0.0248. The van der Waals surface area contributed by atoms with Gasteiger partial charge in [0, 0.05) is 54.8 Å². The predicted molar refractivity (Wildman–Crippen MR) is 274 cm³/mol. The Morgan fingerprint density at radius 2 is 1.32 bits per heavy atom. The molecule has 3 heterocycles. The van der Waals surface area contributed by atoms with Crippen LogP contribution in [0.2, 0.25) is 0 Å². The lowest BCUT2D eigenvalue weighted by Crippen LogP contribution is -2.60. The number of hydrogen-bond acceptors (Lipinski definition) is 16. The van der Waals surface area contributed by atoms with E-state index in [1.807, 2.05) is 0 Å². The number of carboxylic acid groups (broad SMARTS) is 1. The first-order valence-corrected chi connectivity index (χ1v) is 25.2. The van der Waals surface area contributed by atoms with Crippen molar-refractivity contribution in [2.75, 3.05) is 32.8 Å². The summed E-state index contributed by atoms with van der Waals surface area (Å²) in [5.41, 5.74) is 29.9. The number of nitrogens with zero attached hydrogens (tertiary/aromatic N) is 2. The molecule has 1 aliphatic rings. The van der Waals surface area contributed by atoms with Crippen LogP contribution in [0.5, 0.6) is 0 Å². The number of hydrogen-bond donors (Lipinski definition) is 16. The number of para-hydroxylation sites is 1. The number of carboxylic acids is 1. The van der Waals surface area contributed by atoms with Crippen molar-refractivity contribution >= 4 is 75.9 Å². The molecule has 77 heavy (non-hydrogen) atoms. The molecule has 3 aromatic rings. The number of likely N-dealkylation sites (tertiary alicyclic amines) is 1. The number of aliphatic hydroxyl groups is 1. The Morgan fingerprint density at radius 3 is 1.96 bits per heavy atom. The van der Waals surface area contributed by atoms with E-state index in [0.29, 0.717) is 54.4 Å². The molecular weight excluding hydrogens is 1010 g/mol. The smallest absolute Gasteiger partial charge is 0.326 e. The van der Waals surface area contributed by atoms with Gasteiger partial charge >= 0.3 is 5.97 Å². The molecule has 0 bridgehead atoms. The molecule has 1 saturated heterocycles. The molecule has 1 fully saturated rings. The van der Waals surface area contributed by atoms with Gasteiger partial charge in [0.1, 0.15) is 42.3 Å². The summed E-state index contributed by atoms with van der Waals surface area (Å²) in [6.45, 7) is -1.03. The fourth-order valence-electron chi connectivity index (χ4n) is 8.52. The molecule has 1 aromatic carbocycles. The standard InChI is InChI=1S/C48H72N16O13/c49-15-5-3-10-32(47(75)64-17-7-12-37(64)46(74)63-36(24-65)45(73)60-33(48(76)77)11-4-6-16-50)59-44(72)35(20-39(53)67)62-43(71)34(18-26-21-55-30-9-2-1-8-28(26)30)61-42(70)31(13-14-38(52)66)58-40(68)23-56-41(69)29(51)19-27-22-54-25-57-27/h1-2,8-9,21-22,25,29,31-37,55,65H,3-7,10-20,23-24,49-51H2,(H2,52,66)(H2,53,67)(H,54,57)(H,56,69)(H,58,68)(H,59,72)(H,60,73)(H,61,70)(H,62,71)(H,63,74)(H,76,77)/t29-,31-,32-,33-,34-,35-,36-,37-/m0/s1. The molecule has 0 aliphatic carbocycles. The average Bonchev–Trinajstić information content (AvgIpc) is 4.21. The monoisotopic (exact) mass is 1080 g/mol. The highest BCUT2D eigenvalue weighted by molar-refractivity contribution is 5.99. The number of unbranched alkanes of at least 4 members (excludes halogenated alkanes) is 2. The number of nitrogens with two attached hydrogens (primary N) is 5. The maximum atomic E-state index is 14.5. The number of aromatic nitrogens is 3. The van der Waals surface area contributed by atoms with Crippen molar-refractivity contribution in [1.29, 1.82) is 0 Å². The molecule has 4 rings (SSSR count). The van der Waals surface area contributed by atoms with E-state index in [4.69, 9.17) is 28.7 Å². The zero-order valence-electron chi connectivity index (χ0n) is 42.6. The lowest BCUT2D eigenvalue weighted by molar-refractivity contribution is -0.144. The molecule has 21 N–H and O–H groups in total. The zero-order chi connectivity index (χ0) is 56.6. The molecule has 10 amide bonds. The van der Waals surface area contributed by atoms with Crippen molar-refractivity contribution in [2.45, 2.75) is 132 Å². The van der Waals surface area contributed by atoms with Crippen LogP contribution in [-0.2, 0) is 65.6 Å². The maximum Gasteiger partial charge on any atom is 0.326 e. The number of carbonyl (C=O) groups excluding carboxylic acids is 10. The lowest BCUT2D eigenvalue weighted by atomic mass is 10.0. The van der Waals surface area contributed by atoms with Crippen molar-refractivity contribution < 1.29 is 63.0 Å². The largest absolute Gasteiger partial charge is 0.480 e. The predicted octanol–water partition coefficient (Wildman–Crippen LogP) is -5.50. The molecule has 0 unspecified atom stereocenters. The summed E-state index contributed by atoms with van der Waals surface area (Å²) in [5, 5.41) is 37.5. The number of aromatic amines is 2. The first-order chi connectivity index (χ1) is 36.8. The van der Waals surface area contributed by atoms with Gasteiger partial charge < -0.3 is 91.0 Å². The molecule has 29 heteroatoms. The molecule has 0 spiro atoms. The van der Waals surface area contributed by atoms with Crippen molar-refractivity contribution in [1.82, 2.24) is 57.1 Å². The summed E-state index contributed by atoms with van der Waals surface area (Å²) in [7, 11) is 0. The summed E-state index contributed by atoms with van der Waals surface area (Å²) in [5.74, 6) is -10.4. The second kappa shape index (κ2) is 31.1. The van der Waals surface area contributed by atoms with Gasteiger partial charge in [0.15, 0.2) is 0 Å². The number of aliphatic hydroxyl groups excluding tert-OH is 1. The van der Waals surface area contributed by atoms with Gasteiger partial charge in [0.2, 0.25) is 59.1 Å². The SMILES string of the molecule is NCCCC[C@H](NC(=O)[C@H](CO)NC(=O)[C@@H]1CCCN1C(=O)[C@H](CCCCN)NC(=O)[C@H](CC(N)=O)NC(=O)[C@H](Cc1c[nH]c2ccccc12)NC(=O)[C@H](CCC(N)=O)NC(=O)CNC(=O)[C@@H](N)Cc1cnc[nH]1)C(=O)O. The molecule has 0 saturated carbocycles. The van der Waals surface area contributed by atoms with E-state index < -0.39 is 139 Å². The van der Waals surface area contributed by atoms with Crippen LogP contribution >= 0.6 is 0 Å². The van der Waals surface area contributed by atoms with E-state index in [0.717, 1.165) is 0 Å².